The van der Waals surface area contributed by atoms with Crippen LogP contribution in [0.3, 0.4) is 0 Å². The second kappa shape index (κ2) is 14.8. The minimum atomic E-state index is -4.58. The van der Waals surface area contributed by atoms with E-state index in [9.17, 15) is 32.3 Å². The summed E-state index contributed by atoms with van der Waals surface area (Å²) < 4.78 is 43.7. The van der Waals surface area contributed by atoms with Crippen LogP contribution in [0.25, 0.3) is 22.2 Å². The zero-order chi connectivity index (χ0) is 35.5. The van der Waals surface area contributed by atoms with E-state index in [0.29, 0.717) is 47.8 Å². The van der Waals surface area contributed by atoms with Crippen LogP contribution >= 0.6 is 11.6 Å². The normalized spacial score (nSPS) is 17.7. The molecule has 1 aliphatic carbocycles. The van der Waals surface area contributed by atoms with Gasteiger partial charge >= 0.3 is 11.9 Å². The molecule has 5 rings (SSSR count). The largest absolute Gasteiger partial charge is 0.417 e. The lowest BCUT2D eigenvalue weighted by atomic mass is 9.81. The number of aromatic nitrogens is 2. The first-order chi connectivity index (χ1) is 23.2. The number of pyridine rings is 1. The van der Waals surface area contributed by atoms with Gasteiger partial charge in [0.25, 0.3) is 5.91 Å². The fourth-order valence-corrected chi connectivity index (χ4v) is 6.14. The van der Waals surface area contributed by atoms with Gasteiger partial charge in [0.15, 0.2) is 5.58 Å². The van der Waals surface area contributed by atoms with E-state index in [1.165, 1.54) is 18.2 Å². The van der Waals surface area contributed by atoms with Crippen molar-refractivity contribution in [3.63, 3.8) is 0 Å². The third-order valence-electron chi connectivity index (χ3n) is 8.79. The number of carbonyl (C=O) groups excluding carboxylic acids is 3. The van der Waals surface area contributed by atoms with Gasteiger partial charge in [-0.15, -0.1) is 0 Å². The Morgan fingerprint density at radius 3 is 2.39 bits per heavy atom. The van der Waals surface area contributed by atoms with Crippen LogP contribution in [0.5, 0.6) is 0 Å². The number of H-pyrrole nitrogens is 1. The van der Waals surface area contributed by atoms with E-state index in [0.717, 1.165) is 30.9 Å². The molecule has 1 aliphatic rings. The number of alkyl halides is 3. The van der Waals surface area contributed by atoms with Crippen molar-refractivity contribution < 1.29 is 32.0 Å². The predicted molar refractivity (Wildman–Crippen MR) is 178 cm³/mol. The first kappa shape index (κ1) is 35.6. The maximum absolute atomic E-state index is 13.6. The van der Waals surface area contributed by atoms with Gasteiger partial charge in [0, 0.05) is 29.3 Å². The van der Waals surface area contributed by atoms with Crippen molar-refractivity contribution in [1.82, 2.24) is 20.6 Å². The first-order valence-corrected chi connectivity index (χ1v) is 16.2. The van der Waals surface area contributed by atoms with Crippen LogP contribution in [0, 0.1) is 18.8 Å². The summed E-state index contributed by atoms with van der Waals surface area (Å²) in [7, 11) is 0. The van der Waals surface area contributed by atoms with Gasteiger partial charge in [-0.25, -0.2) is 9.78 Å². The van der Waals surface area contributed by atoms with Crippen molar-refractivity contribution in [2.75, 3.05) is 11.9 Å². The zero-order valence-electron chi connectivity index (χ0n) is 26.7. The molecule has 0 spiro atoms. The summed E-state index contributed by atoms with van der Waals surface area (Å²) in [6, 6.07) is 10.1. The molecule has 15 heteroatoms. The summed E-state index contributed by atoms with van der Waals surface area (Å²) in [5.41, 5.74) is 8.97. The summed E-state index contributed by atoms with van der Waals surface area (Å²) in [5, 5.41) is 7.74. The quantitative estimate of drug-likeness (QED) is 0.150. The maximum Gasteiger partial charge on any atom is 0.417 e. The monoisotopic (exact) mass is 700 g/mol. The Labute approximate surface area is 284 Å². The first-order valence-electron chi connectivity index (χ1n) is 15.8. The SMILES string of the molecule is Cc1nc(C(=O)NC(C)C(F)(F)F)ccc1-c1ccc(C[C@H](NC(=O)[C@H]2CC[C@H](CN)CC2)C(=O)Nc2cc(Cl)c3oc(=O)[nH]c3c2)cc1. The van der Waals surface area contributed by atoms with Crippen molar-refractivity contribution in [2.45, 2.75) is 64.2 Å². The number of oxazole rings is 1. The third-order valence-corrected chi connectivity index (χ3v) is 9.07. The summed E-state index contributed by atoms with van der Waals surface area (Å²) in [4.78, 5) is 57.7. The Kier molecular flexibility index (Phi) is 10.8. The zero-order valence-corrected chi connectivity index (χ0v) is 27.5. The molecule has 2 aromatic heterocycles. The number of amides is 3. The number of nitrogens with one attached hydrogen (secondary N) is 4. The summed E-state index contributed by atoms with van der Waals surface area (Å²) >= 11 is 6.27. The van der Waals surface area contributed by atoms with Crippen molar-refractivity contribution >= 4 is 46.1 Å². The molecule has 0 saturated heterocycles. The number of fused-ring (bicyclic) bond motifs is 1. The van der Waals surface area contributed by atoms with Gasteiger partial charge < -0.3 is 26.1 Å². The van der Waals surface area contributed by atoms with Crippen LogP contribution in [0.15, 0.2) is 57.7 Å². The smallest absolute Gasteiger partial charge is 0.406 e. The van der Waals surface area contributed by atoms with Crippen molar-refractivity contribution in [3.8, 4) is 11.1 Å². The number of benzene rings is 2. The molecule has 2 atom stereocenters. The van der Waals surface area contributed by atoms with E-state index in [1.807, 2.05) is 5.32 Å². The van der Waals surface area contributed by atoms with E-state index in [-0.39, 0.29) is 34.5 Å². The molecular formula is C34H36ClF3N6O5. The van der Waals surface area contributed by atoms with Gasteiger partial charge in [-0.2, -0.15) is 13.2 Å². The minimum Gasteiger partial charge on any atom is -0.406 e. The Morgan fingerprint density at radius 2 is 1.76 bits per heavy atom. The molecule has 49 heavy (non-hydrogen) atoms. The molecule has 1 saturated carbocycles. The lowest BCUT2D eigenvalue weighted by molar-refractivity contribution is -0.149. The van der Waals surface area contributed by atoms with E-state index in [2.05, 4.69) is 20.6 Å². The van der Waals surface area contributed by atoms with Crippen LogP contribution in [-0.4, -0.2) is 52.5 Å². The average molecular weight is 701 g/mol. The number of hydrogen-bond acceptors (Lipinski definition) is 7. The van der Waals surface area contributed by atoms with E-state index >= 15 is 0 Å². The summed E-state index contributed by atoms with van der Waals surface area (Å²) in [6.45, 7) is 3.07. The van der Waals surface area contributed by atoms with Gasteiger partial charge in [-0.3, -0.25) is 19.4 Å². The number of anilines is 1. The lowest BCUT2D eigenvalue weighted by Gasteiger charge is -2.28. The van der Waals surface area contributed by atoms with E-state index in [4.69, 9.17) is 21.8 Å². The Balaban J connectivity index is 1.33. The Hall–Kier alpha value is -4.69. The number of aromatic amines is 1. The standard InChI is InChI=1S/C34H36ClF3N6O5/c1-17-24(11-12-26(40-17)31(46)41-18(2)34(36,37)38)21-7-3-19(4-8-21)13-28(43-30(45)22-9-5-20(16-39)6-10-22)32(47)42-23-14-25(35)29-27(15-23)44-33(48)49-29/h3-4,7-8,11-12,14-15,18,20,22,28H,5-6,9-10,13,16,39H2,1-2H3,(H,41,46)(H,42,47)(H,43,45)(H,44,48)/t18?,20-,22-,28-/m0/s1. The Bertz CT molecular complexity index is 1900. The summed E-state index contributed by atoms with van der Waals surface area (Å²) in [6.07, 6.45) is -1.43. The molecule has 260 valence electrons. The average Bonchev–Trinajstić information content (AvgIpc) is 3.45. The molecule has 2 aromatic carbocycles. The predicted octanol–water partition coefficient (Wildman–Crippen LogP) is 5.26. The van der Waals surface area contributed by atoms with Gasteiger partial charge in [0.1, 0.15) is 17.8 Å². The topological polar surface area (TPSA) is 172 Å². The van der Waals surface area contributed by atoms with Crippen molar-refractivity contribution in [2.24, 2.45) is 17.6 Å². The Morgan fingerprint density at radius 1 is 1.06 bits per heavy atom. The highest BCUT2D eigenvalue weighted by atomic mass is 35.5. The highest BCUT2D eigenvalue weighted by Crippen LogP contribution is 2.30. The molecular weight excluding hydrogens is 665 g/mol. The fraction of sp³-hybridized carbons (Fsp3) is 0.382. The molecule has 0 radical (unpaired) electrons. The number of rotatable bonds is 10. The summed E-state index contributed by atoms with van der Waals surface area (Å²) in [5.74, 6) is -2.23. The molecule has 1 unspecified atom stereocenters. The second-order valence-electron chi connectivity index (χ2n) is 12.3. The molecule has 0 aliphatic heterocycles. The number of halogens is 4. The molecule has 6 N–H and O–H groups in total. The lowest BCUT2D eigenvalue weighted by Crippen LogP contribution is -2.48. The van der Waals surface area contributed by atoms with Crippen LogP contribution in [0.4, 0.5) is 18.9 Å². The number of carbonyl (C=O) groups is 3. The van der Waals surface area contributed by atoms with Gasteiger partial charge in [-0.05, 0) is 81.3 Å². The molecule has 2 heterocycles. The highest BCUT2D eigenvalue weighted by Gasteiger charge is 2.37. The van der Waals surface area contributed by atoms with Gasteiger partial charge in [-0.1, -0.05) is 41.9 Å². The molecule has 3 amide bonds. The molecule has 4 aromatic rings. The van der Waals surface area contributed by atoms with Gasteiger partial charge in [0.2, 0.25) is 11.8 Å². The van der Waals surface area contributed by atoms with E-state index in [1.54, 1.807) is 37.3 Å². The number of hydrogen-bond donors (Lipinski definition) is 5. The molecule has 0 bridgehead atoms. The number of nitrogens with zero attached hydrogens (tertiary/aromatic N) is 1. The maximum atomic E-state index is 13.6. The number of nitrogens with two attached hydrogens (primary N) is 1. The van der Waals surface area contributed by atoms with Crippen LogP contribution in [0.2, 0.25) is 5.02 Å². The minimum absolute atomic E-state index is 0.119. The molecule has 1 fully saturated rings. The van der Waals surface area contributed by atoms with E-state index < -0.39 is 35.8 Å². The second-order valence-corrected chi connectivity index (χ2v) is 12.7. The van der Waals surface area contributed by atoms with Crippen LogP contribution < -0.4 is 27.4 Å². The van der Waals surface area contributed by atoms with Crippen molar-refractivity contribution in [3.05, 3.63) is 81.1 Å². The molecule has 11 nitrogen and oxygen atoms in total. The van der Waals surface area contributed by atoms with Crippen LogP contribution in [0.1, 0.15) is 54.4 Å². The highest BCUT2D eigenvalue weighted by molar-refractivity contribution is 6.35. The van der Waals surface area contributed by atoms with Gasteiger partial charge in [0.05, 0.1) is 10.5 Å². The van der Waals surface area contributed by atoms with Crippen LogP contribution in [-0.2, 0) is 16.0 Å². The number of aryl methyl sites for hydroxylation is 1. The fourth-order valence-electron chi connectivity index (χ4n) is 5.88. The third kappa shape index (κ3) is 8.67. The van der Waals surface area contributed by atoms with Crippen molar-refractivity contribution in [1.29, 1.82) is 0 Å².